The van der Waals surface area contributed by atoms with Crippen LogP contribution in [-0.2, 0) is 11.3 Å². The Morgan fingerprint density at radius 2 is 2.00 bits per heavy atom. The molecule has 0 unspecified atom stereocenters. The third kappa shape index (κ3) is 6.23. The molecule has 1 N–H and O–H groups in total. The summed E-state index contributed by atoms with van der Waals surface area (Å²) in [5.74, 6) is 1.45. The van der Waals surface area contributed by atoms with E-state index in [0.29, 0.717) is 31.3 Å². The van der Waals surface area contributed by atoms with Gasteiger partial charge in [-0.1, -0.05) is 0 Å². The maximum absolute atomic E-state index is 11.9. The number of carbonyl (C=O) groups is 1. The topological polar surface area (TPSA) is 60.7 Å². The van der Waals surface area contributed by atoms with Gasteiger partial charge in [-0.05, 0) is 72.3 Å². The number of halogens is 1. The number of carbonyl (C=O) groups excluding carboxylic acids is 1. The van der Waals surface area contributed by atoms with Crippen LogP contribution < -0.4 is 10.1 Å². The molecule has 23 heavy (non-hydrogen) atoms. The van der Waals surface area contributed by atoms with Crippen LogP contribution in [0, 0.1) is 3.57 Å². The zero-order chi connectivity index (χ0) is 16.5. The van der Waals surface area contributed by atoms with Crippen molar-refractivity contribution in [3.05, 3.63) is 51.5 Å². The lowest BCUT2D eigenvalue weighted by Gasteiger charge is -2.04. The van der Waals surface area contributed by atoms with Crippen LogP contribution in [0.3, 0.4) is 0 Å². The summed E-state index contributed by atoms with van der Waals surface area (Å²) in [6, 6.07) is 11.2. The number of hydrogen-bond acceptors (Lipinski definition) is 4. The first-order chi connectivity index (χ1) is 11.2. The highest BCUT2D eigenvalue weighted by atomic mass is 127. The van der Waals surface area contributed by atoms with Gasteiger partial charge in [0, 0.05) is 23.3 Å². The minimum Gasteiger partial charge on any atom is -0.486 e. The van der Waals surface area contributed by atoms with Crippen LogP contribution in [-0.4, -0.2) is 25.7 Å². The van der Waals surface area contributed by atoms with E-state index in [1.807, 2.05) is 31.2 Å². The van der Waals surface area contributed by atoms with Gasteiger partial charge in [-0.2, -0.15) is 0 Å². The number of hydrogen-bond donors (Lipinski definition) is 1. The highest BCUT2D eigenvalue weighted by Crippen LogP contribution is 2.16. The standard InChI is InChI=1S/C17H20INO4/c1-2-21-11-3-10-19-17(20)16-9-8-15(23-16)12-22-14-6-4-13(18)5-7-14/h4-9H,2-3,10-12H2,1H3,(H,19,20). The van der Waals surface area contributed by atoms with Gasteiger partial charge in [0.05, 0.1) is 0 Å². The molecule has 124 valence electrons. The molecule has 2 aromatic rings. The summed E-state index contributed by atoms with van der Waals surface area (Å²) in [6.07, 6.45) is 0.781. The predicted molar refractivity (Wildman–Crippen MR) is 95.6 cm³/mol. The van der Waals surface area contributed by atoms with Crippen LogP contribution >= 0.6 is 22.6 Å². The molecule has 0 spiro atoms. The number of amides is 1. The molecule has 0 aliphatic heterocycles. The third-order valence-electron chi connectivity index (χ3n) is 3.04. The molecule has 1 aromatic carbocycles. The van der Waals surface area contributed by atoms with Crippen molar-refractivity contribution >= 4 is 28.5 Å². The average molecular weight is 429 g/mol. The Kier molecular flexibility index (Phi) is 7.41. The largest absolute Gasteiger partial charge is 0.486 e. The smallest absolute Gasteiger partial charge is 0.286 e. The van der Waals surface area contributed by atoms with Gasteiger partial charge >= 0.3 is 0 Å². The molecule has 1 heterocycles. The molecule has 2 rings (SSSR count). The van der Waals surface area contributed by atoms with E-state index in [0.717, 1.165) is 15.7 Å². The van der Waals surface area contributed by atoms with E-state index >= 15 is 0 Å². The Bertz CT molecular complexity index is 609. The SMILES string of the molecule is CCOCCCNC(=O)c1ccc(COc2ccc(I)cc2)o1. The highest BCUT2D eigenvalue weighted by molar-refractivity contribution is 14.1. The number of furan rings is 1. The zero-order valence-electron chi connectivity index (χ0n) is 13.0. The van der Waals surface area contributed by atoms with Crippen molar-refractivity contribution in [1.82, 2.24) is 5.32 Å². The van der Waals surface area contributed by atoms with Gasteiger partial charge in [0.15, 0.2) is 5.76 Å². The predicted octanol–water partition coefficient (Wildman–Crippen LogP) is 3.62. The fourth-order valence-corrected chi connectivity index (χ4v) is 2.23. The maximum atomic E-state index is 11.9. The second-order valence-corrected chi connectivity index (χ2v) is 6.06. The van der Waals surface area contributed by atoms with Crippen molar-refractivity contribution in [3.8, 4) is 5.75 Å². The molecule has 1 amide bonds. The summed E-state index contributed by atoms with van der Waals surface area (Å²) < 4.78 is 17.5. The van der Waals surface area contributed by atoms with E-state index in [-0.39, 0.29) is 12.5 Å². The van der Waals surface area contributed by atoms with Crippen LogP contribution in [0.25, 0.3) is 0 Å². The Labute approximate surface area is 149 Å². The van der Waals surface area contributed by atoms with Gasteiger partial charge in [0.1, 0.15) is 18.1 Å². The number of ether oxygens (including phenoxy) is 2. The van der Waals surface area contributed by atoms with Crippen molar-refractivity contribution < 1.29 is 18.7 Å². The molecule has 0 aliphatic carbocycles. The molecule has 6 heteroatoms. The fraction of sp³-hybridized carbons (Fsp3) is 0.353. The molecular weight excluding hydrogens is 409 g/mol. The van der Waals surface area contributed by atoms with Crippen LogP contribution in [0.5, 0.6) is 5.75 Å². The van der Waals surface area contributed by atoms with E-state index in [2.05, 4.69) is 27.9 Å². The molecule has 0 saturated heterocycles. The highest BCUT2D eigenvalue weighted by Gasteiger charge is 2.11. The number of nitrogens with one attached hydrogen (secondary N) is 1. The first kappa shape index (κ1) is 17.8. The van der Waals surface area contributed by atoms with Gasteiger partial charge in [-0.3, -0.25) is 4.79 Å². The lowest BCUT2D eigenvalue weighted by molar-refractivity contribution is 0.0913. The third-order valence-corrected chi connectivity index (χ3v) is 3.75. The van der Waals surface area contributed by atoms with Gasteiger partial charge in [-0.15, -0.1) is 0 Å². The molecule has 0 fully saturated rings. The second-order valence-electron chi connectivity index (χ2n) is 4.81. The van der Waals surface area contributed by atoms with Crippen molar-refractivity contribution in [2.24, 2.45) is 0 Å². The lowest BCUT2D eigenvalue weighted by Crippen LogP contribution is -2.24. The molecule has 0 bridgehead atoms. The average Bonchev–Trinajstić information content (AvgIpc) is 3.03. The van der Waals surface area contributed by atoms with Crippen molar-refractivity contribution in [3.63, 3.8) is 0 Å². The second kappa shape index (κ2) is 9.57. The van der Waals surface area contributed by atoms with Crippen LogP contribution in [0.2, 0.25) is 0 Å². The normalized spacial score (nSPS) is 10.5. The van der Waals surface area contributed by atoms with Gasteiger partial charge in [0.2, 0.25) is 0 Å². The van der Waals surface area contributed by atoms with Gasteiger partial charge in [0.25, 0.3) is 5.91 Å². The maximum Gasteiger partial charge on any atom is 0.286 e. The van der Waals surface area contributed by atoms with Crippen LogP contribution in [0.15, 0.2) is 40.8 Å². The van der Waals surface area contributed by atoms with Gasteiger partial charge in [-0.25, -0.2) is 0 Å². The van der Waals surface area contributed by atoms with Crippen molar-refractivity contribution in [2.75, 3.05) is 19.8 Å². The van der Waals surface area contributed by atoms with E-state index < -0.39 is 0 Å². The van der Waals surface area contributed by atoms with Crippen LogP contribution in [0.1, 0.15) is 29.7 Å². The van der Waals surface area contributed by atoms with Crippen molar-refractivity contribution in [1.29, 1.82) is 0 Å². The summed E-state index contributed by atoms with van der Waals surface area (Å²) >= 11 is 2.24. The summed E-state index contributed by atoms with van der Waals surface area (Å²) in [5.41, 5.74) is 0. The molecule has 0 aliphatic rings. The quantitative estimate of drug-likeness (QED) is 0.489. The zero-order valence-corrected chi connectivity index (χ0v) is 15.2. The summed E-state index contributed by atoms with van der Waals surface area (Å²) in [5, 5.41) is 2.80. The monoisotopic (exact) mass is 429 g/mol. The molecule has 0 saturated carbocycles. The molecule has 0 atom stereocenters. The first-order valence-electron chi connectivity index (χ1n) is 7.52. The first-order valence-corrected chi connectivity index (χ1v) is 8.60. The Balaban J connectivity index is 1.76. The lowest BCUT2D eigenvalue weighted by atomic mass is 10.3. The summed E-state index contributed by atoms with van der Waals surface area (Å²) in [6.45, 7) is 4.13. The number of rotatable bonds is 9. The Morgan fingerprint density at radius 1 is 1.22 bits per heavy atom. The van der Waals surface area contributed by atoms with E-state index in [1.165, 1.54) is 0 Å². The van der Waals surface area contributed by atoms with E-state index in [1.54, 1.807) is 12.1 Å². The molecule has 1 aromatic heterocycles. The Hall–Kier alpha value is -1.54. The number of benzene rings is 1. The molecule has 5 nitrogen and oxygen atoms in total. The molecular formula is C17H20INO4. The Morgan fingerprint density at radius 3 is 2.74 bits per heavy atom. The van der Waals surface area contributed by atoms with E-state index in [9.17, 15) is 4.79 Å². The fourth-order valence-electron chi connectivity index (χ4n) is 1.87. The summed E-state index contributed by atoms with van der Waals surface area (Å²) in [7, 11) is 0. The minimum absolute atomic E-state index is 0.220. The van der Waals surface area contributed by atoms with E-state index in [4.69, 9.17) is 13.9 Å². The summed E-state index contributed by atoms with van der Waals surface area (Å²) in [4.78, 5) is 11.9. The molecule has 0 radical (unpaired) electrons. The minimum atomic E-state index is -0.220. The van der Waals surface area contributed by atoms with Crippen LogP contribution in [0.4, 0.5) is 0 Å². The van der Waals surface area contributed by atoms with Crippen molar-refractivity contribution in [2.45, 2.75) is 20.0 Å². The van der Waals surface area contributed by atoms with Gasteiger partial charge < -0.3 is 19.2 Å².